The van der Waals surface area contributed by atoms with Gasteiger partial charge in [-0.2, -0.15) is 0 Å². The predicted molar refractivity (Wildman–Crippen MR) is 146 cm³/mol. The number of aromatic nitrogens is 3. The molecular weight excluding hydrogens is 443 g/mol. The average molecular weight is 465 g/mol. The van der Waals surface area contributed by atoms with Crippen LogP contribution in [0.2, 0.25) is 0 Å². The summed E-state index contributed by atoms with van der Waals surface area (Å²) in [6.07, 6.45) is 4.02. The molecule has 5 nitrogen and oxygen atoms in total. The molecule has 6 rings (SSSR count). The summed E-state index contributed by atoms with van der Waals surface area (Å²) in [5.41, 5.74) is 8.01. The summed E-state index contributed by atoms with van der Waals surface area (Å²) >= 11 is 0. The zero-order valence-electron chi connectivity index (χ0n) is 19.5. The van der Waals surface area contributed by atoms with Gasteiger partial charge in [0, 0.05) is 28.5 Å². The van der Waals surface area contributed by atoms with Crippen LogP contribution in [0.1, 0.15) is 12.0 Å². The number of benzene rings is 4. The van der Waals surface area contributed by atoms with E-state index in [0.29, 0.717) is 17.5 Å². The van der Waals surface area contributed by atoms with Crippen LogP contribution < -0.4 is 5.46 Å². The van der Waals surface area contributed by atoms with Gasteiger partial charge in [0.15, 0.2) is 17.5 Å². The van der Waals surface area contributed by atoms with Gasteiger partial charge in [-0.05, 0) is 24.0 Å². The minimum Gasteiger partial charge on any atom is -0.450 e. The fourth-order valence-electron chi connectivity index (χ4n) is 4.42. The maximum absolute atomic E-state index is 9.28. The van der Waals surface area contributed by atoms with Crippen molar-refractivity contribution in [3.8, 4) is 45.3 Å². The second kappa shape index (κ2) is 9.68. The molecule has 1 radical (unpaired) electrons. The molecule has 6 heteroatoms. The van der Waals surface area contributed by atoms with Crippen molar-refractivity contribution in [1.29, 1.82) is 0 Å². The van der Waals surface area contributed by atoms with Crippen LogP contribution >= 0.6 is 0 Å². The van der Waals surface area contributed by atoms with E-state index in [-0.39, 0.29) is 0 Å². The lowest BCUT2D eigenvalue weighted by molar-refractivity contribution is 0.615. The van der Waals surface area contributed by atoms with E-state index < -0.39 is 0 Å². The van der Waals surface area contributed by atoms with Gasteiger partial charge in [-0.3, -0.25) is 4.99 Å². The third kappa shape index (κ3) is 4.35. The van der Waals surface area contributed by atoms with Gasteiger partial charge in [0.25, 0.3) is 0 Å². The number of aryl methyl sites for hydroxylation is 1. The summed E-state index contributed by atoms with van der Waals surface area (Å²) in [7, 11) is 1.08. The molecule has 1 N–H and O–H groups in total. The Labute approximate surface area is 210 Å². The predicted octanol–water partition coefficient (Wildman–Crippen LogP) is 5.42. The monoisotopic (exact) mass is 465 g/mol. The number of fused-ring (bicyclic) bond motifs is 1. The molecule has 1 aliphatic rings. The molecule has 36 heavy (non-hydrogen) atoms. The molecule has 5 aromatic rings. The molecule has 0 saturated heterocycles. The molecule has 4 aromatic carbocycles. The quantitative estimate of drug-likeness (QED) is 0.352. The van der Waals surface area contributed by atoms with E-state index in [9.17, 15) is 5.02 Å². The highest BCUT2D eigenvalue weighted by molar-refractivity contribution is 6.45. The molecule has 2 heterocycles. The zero-order chi connectivity index (χ0) is 24.3. The zero-order valence-corrected chi connectivity index (χ0v) is 19.5. The molecule has 1 aromatic heterocycles. The van der Waals surface area contributed by atoms with E-state index in [1.165, 1.54) is 5.56 Å². The minimum absolute atomic E-state index is 0.582. The average Bonchev–Trinajstić information content (AvgIpc) is 2.97. The summed E-state index contributed by atoms with van der Waals surface area (Å²) in [6, 6.07) is 32.1. The maximum atomic E-state index is 9.28. The highest BCUT2D eigenvalue weighted by Crippen LogP contribution is 2.36. The molecule has 0 bridgehead atoms. The summed E-state index contributed by atoms with van der Waals surface area (Å²) < 4.78 is 0. The molecule has 0 unspecified atom stereocenters. The van der Waals surface area contributed by atoms with Gasteiger partial charge >= 0.3 is 7.48 Å². The van der Waals surface area contributed by atoms with Crippen LogP contribution in [-0.2, 0) is 6.42 Å². The summed E-state index contributed by atoms with van der Waals surface area (Å²) in [5, 5.41) is 9.28. The first-order valence-electron chi connectivity index (χ1n) is 11.9. The lowest BCUT2D eigenvalue weighted by Gasteiger charge is -2.14. The van der Waals surface area contributed by atoms with Crippen molar-refractivity contribution in [1.82, 2.24) is 15.0 Å². The Hall–Kier alpha value is -4.42. The number of rotatable bonds is 5. The molecule has 0 fully saturated rings. The van der Waals surface area contributed by atoms with Crippen molar-refractivity contribution in [3.05, 3.63) is 103 Å². The second-order valence-corrected chi connectivity index (χ2v) is 8.66. The first-order chi connectivity index (χ1) is 17.8. The first-order valence-corrected chi connectivity index (χ1v) is 11.9. The highest BCUT2D eigenvalue weighted by Gasteiger charge is 2.14. The maximum Gasteiger partial charge on any atom is 0.326 e. The molecular formula is C30H22BN4O. The fraction of sp³-hybridized carbons (Fsp3) is 0.0667. The molecule has 0 amide bonds. The largest absolute Gasteiger partial charge is 0.450 e. The van der Waals surface area contributed by atoms with Gasteiger partial charge in [-0.1, -0.05) is 103 Å². The van der Waals surface area contributed by atoms with E-state index in [4.69, 9.17) is 15.0 Å². The Balaban J connectivity index is 1.42. The topological polar surface area (TPSA) is 71.3 Å². The fourth-order valence-corrected chi connectivity index (χ4v) is 4.42. The third-order valence-corrected chi connectivity index (χ3v) is 6.32. The van der Waals surface area contributed by atoms with Gasteiger partial charge in [-0.15, -0.1) is 0 Å². The van der Waals surface area contributed by atoms with Gasteiger partial charge in [0.1, 0.15) is 0 Å². The van der Waals surface area contributed by atoms with Crippen molar-refractivity contribution >= 4 is 24.8 Å². The van der Waals surface area contributed by atoms with Crippen LogP contribution in [0.5, 0.6) is 0 Å². The Morgan fingerprint density at radius 2 is 1.17 bits per heavy atom. The van der Waals surface area contributed by atoms with Crippen molar-refractivity contribution in [3.63, 3.8) is 0 Å². The van der Waals surface area contributed by atoms with E-state index in [0.717, 1.165) is 59.3 Å². The molecule has 0 atom stereocenters. The molecule has 171 valence electrons. The van der Waals surface area contributed by atoms with Crippen molar-refractivity contribution < 1.29 is 5.02 Å². The van der Waals surface area contributed by atoms with E-state index in [1.54, 1.807) is 0 Å². The van der Waals surface area contributed by atoms with E-state index >= 15 is 0 Å². The van der Waals surface area contributed by atoms with E-state index in [2.05, 4.69) is 47.5 Å². The van der Waals surface area contributed by atoms with Gasteiger partial charge in [0.2, 0.25) is 0 Å². The molecule has 1 aliphatic heterocycles. The second-order valence-electron chi connectivity index (χ2n) is 8.66. The van der Waals surface area contributed by atoms with Crippen molar-refractivity contribution in [2.24, 2.45) is 4.99 Å². The normalized spacial score (nSPS) is 12.2. The van der Waals surface area contributed by atoms with Crippen LogP contribution in [-0.4, -0.2) is 33.7 Å². The smallest absolute Gasteiger partial charge is 0.326 e. The number of nitrogens with zero attached hydrogens (tertiary/aromatic N) is 4. The molecule has 0 spiro atoms. The molecule has 0 saturated carbocycles. The Morgan fingerprint density at radius 1 is 0.583 bits per heavy atom. The van der Waals surface area contributed by atoms with Gasteiger partial charge in [0.05, 0.1) is 5.69 Å². The van der Waals surface area contributed by atoms with Crippen molar-refractivity contribution in [2.45, 2.75) is 12.8 Å². The molecule has 0 aliphatic carbocycles. The summed E-state index contributed by atoms with van der Waals surface area (Å²) in [4.78, 5) is 19.1. The first kappa shape index (κ1) is 22.1. The summed E-state index contributed by atoms with van der Waals surface area (Å²) in [5.74, 6) is 1.80. The number of hydrogen-bond acceptors (Lipinski definition) is 5. The van der Waals surface area contributed by atoms with Crippen LogP contribution in [0.4, 0.5) is 5.69 Å². The van der Waals surface area contributed by atoms with Crippen molar-refractivity contribution in [2.75, 3.05) is 0 Å². The van der Waals surface area contributed by atoms with Gasteiger partial charge in [-0.25, -0.2) is 15.0 Å². The summed E-state index contributed by atoms with van der Waals surface area (Å²) in [6.45, 7) is 0. The van der Waals surface area contributed by atoms with Gasteiger partial charge < -0.3 is 5.02 Å². The third-order valence-electron chi connectivity index (χ3n) is 6.32. The highest BCUT2D eigenvalue weighted by atomic mass is 16.2. The number of hydrogen-bond donors (Lipinski definition) is 1. The Kier molecular flexibility index (Phi) is 5.94. The number of aliphatic imine (C=N–C) groups is 1. The Bertz CT molecular complexity index is 1550. The van der Waals surface area contributed by atoms with Crippen LogP contribution in [0.25, 0.3) is 45.3 Å². The standard InChI is InChI=1S/C30H22BN4O/c36-31-25-17-15-24(16-18-25)30-34-28(22-6-2-1-3-7-22)33-29(35-30)23-13-11-20(12-14-23)26-10-4-8-21-9-5-19-32-27(21)26/h1-4,6-8,10-19,36H,5,9H2. The van der Waals surface area contributed by atoms with E-state index in [1.807, 2.05) is 60.8 Å². The minimum atomic E-state index is 0.582. The Morgan fingerprint density at radius 3 is 1.81 bits per heavy atom. The van der Waals surface area contributed by atoms with Crippen LogP contribution in [0.15, 0.2) is 102 Å². The van der Waals surface area contributed by atoms with Crippen LogP contribution in [0, 0.1) is 0 Å². The lowest BCUT2D eigenvalue weighted by atomic mass is 9.88. The van der Waals surface area contributed by atoms with Crippen LogP contribution in [0.3, 0.4) is 0 Å². The lowest BCUT2D eigenvalue weighted by Crippen LogP contribution is -2.12. The number of para-hydroxylation sites is 1. The SMILES string of the molecule is O[B]c1ccc(-c2nc(-c3ccccc3)nc(-c3ccc(-c4cccc5c4N=CCC5)cc3)n2)cc1.